The monoisotopic (exact) mass is 509 g/mol. The molecule has 3 rings (SSSR count). The Kier molecular flexibility index (Phi) is 8.97. The number of hydrogen-bond donors (Lipinski definition) is 3. The zero-order valence-electron chi connectivity index (χ0n) is 17.0. The smallest absolute Gasteiger partial charge is 0.216 e. The Morgan fingerprint density at radius 3 is 2.79 bits per heavy atom. The highest BCUT2D eigenvalue weighted by Crippen LogP contribution is 2.15. The number of likely N-dealkylation sites (N-methyl/N-ethyl adjacent to an activating group) is 1. The first-order valence-corrected chi connectivity index (χ1v) is 9.41. The van der Waals surface area contributed by atoms with E-state index >= 15 is 0 Å². The second-order valence-corrected chi connectivity index (χ2v) is 6.35. The summed E-state index contributed by atoms with van der Waals surface area (Å²) in [5.74, 6) is 2.61. The molecule has 0 aliphatic carbocycles. The van der Waals surface area contributed by atoms with Crippen molar-refractivity contribution in [3.05, 3.63) is 54.0 Å². The highest BCUT2D eigenvalue weighted by molar-refractivity contribution is 14.0. The lowest BCUT2D eigenvalue weighted by Gasteiger charge is -2.24. The molecular formula is C20H28IN7O. The van der Waals surface area contributed by atoms with Gasteiger partial charge < -0.3 is 20.0 Å². The number of guanidine groups is 1. The summed E-state index contributed by atoms with van der Waals surface area (Å²) < 4.78 is 5.30. The van der Waals surface area contributed by atoms with Gasteiger partial charge >= 0.3 is 0 Å². The molecule has 9 heteroatoms. The Bertz CT molecular complexity index is 892. The molecule has 0 radical (unpaired) electrons. The predicted octanol–water partition coefficient (Wildman–Crippen LogP) is 3.18. The molecule has 0 saturated carbocycles. The van der Waals surface area contributed by atoms with Crippen LogP contribution in [0.15, 0.2) is 52.1 Å². The Morgan fingerprint density at radius 1 is 1.24 bits per heavy atom. The van der Waals surface area contributed by atoms with Crippen molar-refractivity contribution in [1.82, 2.24) is 25.8 Å². The predicted molar refractivity (Wildman–Crippen MR) is 127 cm³/mol. The Balaban J connectivity index is 0.00000300. The molecule has 0 unspecified atom stereocenters. The minimum absolute atomic E-state index is 0. The van der Waals surface area contributed by atoms with Crippen molar-refractivity contribution < 1.29 is 4.42 Å². The molecule has 0 aliphatic heterocycles. The number of hydrogen-bond acceptors (Lipinski definition) is 5. The molecule has 3 aromatic rings. The van der Waals surface area contributed by atoms with Gasteiger partial charge in [-0.25, -0.2) is 4.98 Å². The second-order valence-electron chi connectivity index (χ2n) is 6.35. The third-order valence-electron chi connectivity index (χ3n) is 4.34. The molecule has 156 valence electrons. The molecule has 29 heavy (non-hydrogen) atoms. The third-order valence-corrected chi connectivity index (χ3v) is 4.34. The van der Waals surface area contributed by atoms with Crippen molar-refractivity contribution in [2.24, 2.45) is 4.99 Å². The van der Waals surface area contributed by atoms with Gasteiger partial charge in [-0.3, -0.25) is 10.1 Å². The number of anilines is 1. The van der Waals surface area contributed by atoms with E-state index in [1.165, 1.54) is 11.3 Å². The number of H-pyrrole nitrogens is 1. The van der Waals surface area contributed by atoms with Crippen LogP contribution in [0.25, 0.3) is 11.6 Å². The lowest BCUT2D eigenvalue weighted by Crippen LogP contribution is -2.41. The lowest BCUT2D eigenvalue weighted by atomic mass is 10.2. The molecule has 2 heterocycles. The summed E-state index contributed by atoms with van der Waals surface area (Å²) in [5, 5.41) is 13.7. The van der Waals surface area contributed by atoms with Crippen LogP contribution < -0.4 is 15.5 Å². The molecule has 0 saturated heterocycles. The molecule has 0 amide bonds. The molecule has 0 atom stereocenters. The van der Waals surface area contributed by atoms with Crippen LogP contribution in [0.2, 0.25) is 0 Å². The van der Waals surface area contributed by atoms with E-state index < -0.39 is 0 Å². The first kappa shape index (κ1) is 22.7. The highest BCUT2D eigenvalue weighted by Gasteiger charge is 2.09. The van der Waals surface area contributed by atoms with E-state index in [0.717, 1.165) is 25.6 Å². The lowest BCUT2D eigenvalue weighted by molar-refractivity contribution is 0.577. The molecule has 0 aliphatic rings. The molecular weight excluding hydrogens is 481 g/mol. The van der Waals surface area contributed by atoms with Gasteiger partial charge in [0.2, 0.25) is 5.82 Å². The van der Waals surface area contributed by atoms with Crippen LogP contribution in [0, 0.1) is 6.92 Å². The number of furan rings is 1. The van der Waals surface area contributed by atoms with E-state index in [1.807, 2.05) is 12.1 Å². The van der Waals surface area contributed by atoms with Crippen LogP contribution in [0.3, 0.4) is 0 Å². The molecule has 2 aromatic heterocycles. The van der Waals surface area contributed by atoms with Crippen molar-refractivity contribution in [3.8, 4) is 11.6 Å². The first-order valence-electron chi connectivity index (χ1n) is 9.41. The summed E-state index contributed by atoms with van der Waals surface area (Å²) >= 11 is 0. The van der Waals surface area contributed by atoms with Crippen molar-refractivity contribution in [1.29, 1.82) is 0 Å². The number of benzene rings is 1. The van der Waals surface area contributed by atoms with Crippen LogP contribution in [-0.2, 0) is 6.54 Å². The maximum atomic E-state index is 5.30. The molecule has 1 aromatic carbocycles. The average molecular weight is 509 g/mol. The van der Waals surface area contributed by atoms with Gasteiger partial charge in [0.25, 0.3) is 0 Å². The van der Waals surface area contributed by atoms with E-state index in [4.69, 9.17) is 4.42 Å². The van der Waals surface area contributed by atoms with Crippen LogP contribution in [0.5, 0.6) is 0 Å². The fourth-order valence-corrected chi connectivity index (χ4v) is 2.88. The Morgan fingerprint density at radius 2 is 2.10 bits per heavy atom. The minimum atomic E-state index is 0. The number of rotatable bonds is 8. The fraction of sp³-hybridized carbons (Fsp3) is 0.350. The molecule has 0 fully saturated rings. The van der Waals surface area contributed by atoms with Gasteiger partial charge in [0, 0.05) is 32.4 Å². The summed E-state index contributed by atoms with van der Waals surface area (Å²) in [6, 6.07) is 12.2. The summed E-state index contributed by atoms with van der Waals surface area (Å²) in [6.45, 7) is 7.37. The van der Waals surface area contributed by atoms with Crippen LogP contribution in [-0.4, -0.2) is 47.8 Å². The number of aliphatic imine (C=N–C) groups is 1. The van der Waals surface area contributed by atoms with Crippen LogP contribution in [0.1, 0.15) is 18.3 Å². The van der Waals surface area contributed by atoms with Gasteiger partial charge in [-0.05, 0) is 43.7 Å². The molecule has 3 N–H and O–H groups in total. The quantitative estimate of drug-likeness (QED) is 0.245. The zero-order chi connectivity index (χ0) is 19.8. The van der Waals surface area contributed by atoms with Gasteiger partial charge in [0.15, 0.2) is 11.7 Å². The van der Waals surface area contributed by atoms with Crippen LogP contribution >= 0.6 is 24.0 Å². The van der Waals surface area contributed by atoms with Gasteiger partial charge in [0.1, 0.15) is 5.82 Å². The zero-order valence-corrected chi connectivity index (χ0v) is 19.3. The van der Waals surface area contributed by atoms with E-state index in [0.29, 0.717) is 24.0 Å². The normalized spacial score (nSPS) is 11.1. The SMILES string of the molecule is CCN(CCNC(=NC)NCc1nc(-c2ccco2)n[nH]1)c1cccc(C)c1.I. The van der Waals surface area contributed by atoms with Gasteiger partial charge in [-0.15, -0.1) is 29.1 Å². The second kappa shape index (κ2) is 11.4. The molecule has 0 spiro atoms. The maximum absolute atomic E-state index is 5.30. The Hall–Kier alpha value is -2.56. The standard InChI is InChI=1S/C20H27N7O.HI/c1-4-27(16-8-5-7-15(2)13-16)11-10-22-20(21-3)23-14-18-24-19(26-25-18)17-9-6-12-28-17;/h5-9,12-13H,4,10-11,14H2,1-3H3,(H2,21,22,23)(H,24,25,26);1H. The highest BCUT2D eigenvalue weighted by atomic mass is 127. The average Bonchev–Trinajstić information content (AvgIpc) is 3.39. The van der Waals surface area contributed by atoms with Gasteiger partial charge in [-0.2, -0.15) is 0 Å². The third kappa shape index (κ3) is 6.48. The molecule has 8 nitrogen and oxygen atoms in total. The van der Waals surface area contributed by atoms with Gasteiger partial charge in [-0.1, -0.05) is 12.1 Å². The van der Waals surface area contributed by atoms with E-state index in [9.17, 15) is 0 Å². The number of aromatic nitrogens is 3. The summed E-state index contributed by atoms with van der Waals surface area (Å²) in [5.41, 5.74) is 2.50. The topological polar surface area (TPSA) is 94.4 Å². The minimum Gasteiger partial charge on any atom is -0.461 e. The number of aryl methyl sites for hydroxylation is 1. The number of nitrogens with one attached hydrogen (secondary N) is 3. The number of halogens is 1. The van der Waals surface area contributed by atoms with Crippen molar-refractivity contribution in [3.63, 3.8) is 0 Å². The van der Waals surface area contributed by atoms with E-state index in [-0.39, 0.29) is 24.0 Å². The number of aromatic amines is 1. The van der Waals surface area contributed by atoms with E-state index in [2.05, 4.69) is 73.8 Å². The van der Waals surface area contributed by atoms with Crippen molar-refractivity contribution >= 4 is 35.6 Å². The van der Waals surface area contributed by atoms with Crippen LogP contribution in [0.4, 0.5) is 5.69 Å². The van der Waals surface area contributed by atoms with Gasteiger partial charge in [0.05, 0.1) is 12.8 Å². The molecule has 0 bridgehead atoms. The fourth-order valence-electron chi connectivity index (χ4n) is 2.88. The first-order chi connectivity index (χ1) is 13.7. The number of nitrogens with zero attached hydrogens (tertiary/aromatic N) is 4. The Labute approximate surface area is 188 Å². The summed E-state index contributed by atoms with van der Waals surface area (Å²) in [6.07, 6.45) is 1.60. The van der Waals surface area contributed by atoms with Crippen molar-refractivity contribution in [2.75, 3.05) is 31.6 Å². The summed E-state index contributed by atoms with van der Waals surface area (Å²) in [7, 11) is 1.75. The van der Waals surface area contributed by atoms with Crippen molar-refractivity contribution in [2.45, 2.75) is 20.4 Å². The summed E-state index contributed by atoms with van der Waals surface area (Å²) in [4.78, 5) is 11.0. The largest absolute Gasteiger partial charge is 0.461 e. The van der Waals surface area contributed by atoms with E-state index in [1.54, 1.807) is 13.3 Å². The maximum Gasteiger partial charge on any atom is 0.216 e.